The van der Waals surface area contributed by atoms with Crippen molar-refractivity contribution in [1.82, 2.24) is 4.90 Å². The van der Waals surface area contributed by atoms with Crippen molar-refractivity contribution >= 4 is 11.9 Å². The van der Waals surface area contributed by atoms with Crippen molar-refractivity contribution in [2.75, 3.05) is 7.11 Å². The lowest BCUT2D eigenvalue weighted by atomic mass is 9.90. The van der Waals surface area contributed by atoms with Gasteiger partial charge in [-0.2, -0.15) is 0 Å². The smallest absolute Gasteiger partial charge is 0.328 e. The number of carbonyl (C=O) groups excluding carboxylic acids is 2. The van der Waals surface area contributed by atoms with E-state index in [1.807, 2.05) is 6.92 Å². The molecule has 104 valence electrons. The summed E-state index contributed by atoms with van der Waals surface area (Å²) in [6.45, 7) is 3.51. The summed E-state index contributed by atoms with van der Waals surface area (Å²) in [6, 6.07) is 1.26. The van der Waals surface area contributed by atoms with Crippen LogP contribution in [0.1, 0.15) is 42.3 Å². The Morgan fingerprint density at radius 2 is 2.16 bits per heavy atom. The number of amides is 1. The minimum atomic E-state index is -0.590. The second-order valence-electron chi connectivity index (χ2n) is 4.93. The molecule has 1 fully saturated rings. The fraction of sp³-hybridized carbons (Fsp3) is 0.571. The Bertz CT molecular complexity index is 476. The van der Waals surface area contributed by atoms with Crippen molar-refractivity contribution in [2.24, 2.45) is 0 Å². The Morgan fingerprint density at radius 3 is 2.58 bits per heavy atom. The highest BCUT2D eigenvalue weighted by Gasteiger charge is 2.37. The number of ether oxygens (including phenoxy) is 1. The predicted molar refractivity (Wildman–Crippen MR) is 68.7 cm³/mol. The van der Waals surface area contributed by atoms with E-state index in [-0.39, 0.29) is 11.9 Å². The first-order valence-electron chi connectivity index (χ1n) is 6.50. The van der Waals surface area contributed by atoms with Crippen LogP contribution in [0.5, 0.6) is 0 Å². The molecule has 1 aromatic rings. The topological polar surface area (TPSA) is 59.8 Å². The van der Waals surface area contributed by atoms with E-state index in [1.54, 1.807) is 17.9 Å². The lowest BCUT2D eigenvalue weighted by Crippen LogP contribution is -2.52. The molecule has 1 atom stereocenters. The lowest BCUT2D eigenvalue weighted by molar-refractivity contribution is -0.146. The Hall–Kier alpha value is -1.78. The molecule has 0 aliphatic heterocycles. The minimum absolute atomic E-state index is 0.103. The number of hydrogen-bond acceptors (Lipinski definition) is 4. The monoisotopic (exact) mass is 265 g/mol. The van der Waals surface area contributed by atoms with Gasteiger partial charge in [0.2, 0.25) is 0 Å². The molecule has 0 aromatic carbocycles. The van der Waals surface area contributed by atoms with E-state index < -0.39 is 12.0 Å². The van der Waals surface area contributed by atoms with E-state index in [9.17, 15) is 9.59 Å². The molecule has 1 amide bonds. The highest BCUT2D eigenvalue weighted by molar-refractivity contribution is 5.95. The molecule has 1 aliphatic carbocycles. The first-order valence-corrected chi connectivity index (χ1v) is 6.50. The zero-order valence-corrected chi connectivity index (χ0v) is 11.5. The van der Waals surface area contributed by atoms with Gasteiger partial charge >= 0.3 is 5.97 Å². The lowest BCUT2D eigenvalue weighted by Gasteiger charge is -2.39. The summed E-state index contributed by atoms with van der Waals surface area (Å²) in [6.07, 6.45) is 4.42. The molecule has 0 saturated heterocycles. The van der Waals surface area contributed by atoms with Crippen LogP contribution in [0.4, 0.5) is 0 Å². The van der Waals surface area contributed by atoms with E-state index in [4.69, 9.17) is 9.15 Å². The van der Waals surface area contributed by atoms with Crippen molar-refractivity contribution in [3.8, 4) is 0 Å². The average Bonchev–Trinajstić information content (AvgIpc) is 2.77. The predicted octanol–water partition coefficient (Wildman–Crippen LogP) is 2.14. The highest BCUT2D eigenvalue weighted by atomic mass is 16.5. The van der Waals surface area contributed by atoms with Crippen LogP contribution >= 0.6 is 0 Å². The number of rotatable bonds is 4. The second kappa shape index (κ2) is 5.47. The largest absolute Gasteiger partial charge is 0.467 e. The standard InChI is InChI=1S/C14H19NO4/c1-9-7-8-19-12(9)13(16)15(11-5-4-6-11)10(2)14(17)18-3/h7-8,10-11H,4-6H2,1-3H3. The maximum Gasteiger partial charge on any atom is 0.328 e. The number of nitrogens with zero attached hydrogens (tertiary/aromatic N) is 1. The second-order valence-corrected chi connectivity index (χ2v) is 4.93. The normalized spacial score (nSPS) is 16.6. The molecule has 1 heterocycles. The third-order valence-electron chi connectivity index (χ3n) is 3.72. The molecular formula is C14H19NO4. The number of hydrogen-bond donors (Lipinski definition) is 0. The van der Waals surface area contributed by atoms with Crippen LogP contribution in [0.15, 0.2) is 16.7 Å². The summed E-state index contributed by atoms with van der Waals surface area (Å²) in [5.74, 6) is -0.322. The van der Waals surface area contributed by atoms with Crippen molar-refractivity contribution in [1.29, 1.82) is 0 Å². The molecule has 19 heavy (non-hydrogen) atoms. The third-order valence-corrected chi connectivity index (χ3v) is 3.72. The van der Waals surface area contributed by atoms with Gasteiger partial charge in [0.1, 0.15) is 6.04 Å². The van der Waals surface area contributed by atoms with Gasteiger partial charge in [-0.15, -0.1) is 0 Å². The van der Waals surface area contributed by atoms with E-state index in [2.05, 4.69) is 0 Å². The number of furan rings is 1. The van der Waals surface area contributed by atoms with Gasteiger partial charge in [-0.05, 0) is 39.2 Å². The SMILES string of the molecule is COC(=O)C(C)N(C(=O)c1occc1C)C1CCC1. The van der Waals surface area contributed by atoms with Gasteiger partial charge in [0.15, 0.2) is 5.76 Å². The van der Waals surface area contributed by atoms with Gasteiger partial charge < -0.3 is 14.1 Å². The first-order chi connectivity index (χ1) is 9.06. The van der Waals surface area contributed by atoms with Crippen LogP contribution in [0, 0.1) is 6.92 Å². The molecule has 0 spiro atoms. The molecule has 1 unspecified atom stereocenters. The van der Waals surface area contributed by atoms with Crippen molar-refractivity contribution in [3.63, 3.8) is 0 Å². The van der Waals surface area contributed by atoms with E-state index in [0.29, 0.717) is 5.76 Å². The zero-order valence-electron chi connectivity index (χ0n) is 11.5. The van der Waals surface area contributed by atoms with Crippen LogP contribution in [0.3, 0.4) is 0 Å². The Balaban J connectivity index is 2.25. The Morgan fingerprint density at radius 1 is 1.47 bits per heavy atom. The van der Waals surface area contributed by atoms with Gasteiger partial charge in [0.05, 0.1) is 13.4 Å². The van der Waals surface area contributed by atoms with Crippen molar-refractivity contribution in [3.05, 3.63) is 23.7 Å². The van der Waals surface area contributed by atoms with Gasteiger partial charge in [-0.1, -0.05) is 0 Å². The van der Waals surface area contributed by atoms with Gasteiger partial charge in [-0.3, -0.25) is 4.79 Å². The summed E-state index contributed by atoms with van der Waals surface area (Å²) in [5.41, 5.74) is 0.784. The maximum absolute atomic E-state index is 12.5. The molecular weight excluding hydrogens is 246 g/mol. The first kappa shape index (κ1) is 13.6. The molecule has 5 nitrogen and oxygen atoms in total. The number of esters is 1. The summed E-state index contributed by atoms with van der Waals surface area (Å²) in [4.78, 5) is 25.9. The van der Waals surface area contributed by atoms with Crippen molar-refractivity contribution in [2.45, 2.75) is 45.2 Å². The molecule has 2 rings (SSSR count). The number of aryl methyl sites for hydroxylation is 1. The Labute approximate surface area is 112 Å². The quantitative estimate of drug-likeness (QED) is 0.783. The summed E-state index contributed by atoms with van der Waals surface area (Å²) < 4.78 is 9.99. The number of carbonyl (C=O) groups is 2. The molecule has 1 aromatic heterocycles. The van der Waals surface area contributed by atoms with Crippen LogP contribution in [0.2, 0.25) is 0 Å². The molecule has 0 radical (unpaired) electrons. The third kappa shape index (κ3) is 2.50. The molecule has 0 N–H and O–H groups in total. The zero-order chi connectivity index (χ0) is 14.0. The van der Waals surface area contributed by atoms with Gasteiger partial charge in [0, 0.05) is 11.6 Å². The van der Waals surface area contributed by atoms with Crippen LogP contribution < -0.4 is 0 Å². The average molecular weight is 265 g/mol. The Kier molecular flexibility index (Phi) is 3.93. The maximum atomic E-state index is 12.5. The van der Waals surface area contributed by atoms with Crippen LogP contribution in [-0.4, -0.2) is 36.0 Å². The summed E-state index contributed by atoms with van der Waals surface area (Å²) in [5, 5.41) is 0. The fourth-order valence-corrected chi connectivity index (χ4v) is 2.32. The molecule has 1 saturated carbocycles. The van der Waals surface area contributed by atoms with E-state index >= 15 is 0 Å². The van der Waals surface area contributed by atoms with Gasteiger partial charge in [0.25, 0.3) is 5.91 Å². The molecule has 0 bridgehead atoms. The van der Waals surface area contributed by atoms with E-state index in [1.165, 1.54) is 13.4 Å². The highest BCUT2D eigenvalue weighted by Crippen LogP contribution is 2.29. The summed E-state index contributed by atoms with van der Waals surface area (Å²) in [7, 11) is 1.33. The summed E-state index contributed by atoms with van der Waals surface area (Å²) >= 11 is 0. The minimum Gasteiger partial charge on any atom is -0.467 e. The van der Waals surface area contributed by atoms with Crippen LogP contribution in [0.25, 0.3) is 0 Å². The van der Waals surface area contributed by atoms with Crippen LogP contribution in [-0.2, 0) is 9.53 Å². The van der Waals surface area contributed by atoms with Crippen molar-refractivity contribution < 1.29 is 18.7 Å². The molecule has 5 heteroatoms. The molecule has 1 aliphatic rings. The van der Waals surface area contributed by atoms with Gasteiger partial charge in [-0.25, -0.2) is 4.79 Å². The fourth-order valence-electron chi connectivity index (χ4n) is 2.32. The number of methoxy groups -OCH3 is 1. The van der Waals surface area contributed by atoms with E-state index in [0.717, 1.165) is 24.8 Å².